The molecule has 2 aliphatic heterocycles. The Labute approximate surface area is 98.7 Å². The molecule has 0 bridgehead atoms. The van der Waals surface area contributed by atoms with Crippen LogP contribution in [-0.4, -0.2) is 25.3 Å². The van der Waals surface area contributed by atoms with Gasteiger partial charge in [-0.3, -0.25) is 4.99 Å². The van der Waals surface area contributed by atoms with Gasteiger partial charge in [-0.25, -0.2) is 0 Å². The van der Waals surface area contributed by atoms with E-state index in [1.807, 2.05) is 0 Å². The molecule has 3 aliphatic rings. The molecular weight excluding hydrogens is 252 g/mol. The standard InChI is InChI=1S/C12H15BrN2/c13-9-1-2-11-10(7-9)12(8-15-11)3-5-14-6-4-12/h1-2,7-8,10-11,14H,3-6H2. The summed E-state index contributed by atoms with van der Waals surface area (Å²) in [6, 6.07) is 0.393. The lowest BCUT2D eigenvalue weighted by molar-refractivity contribution is 0.238. The monoisotopic (exact) mass is 266 g/mol. The largest absolute Gasteiger partial charge is 0.317 e. The molecular formula is C12H15BrN2. The van der Waals surface area contributed by atoms with Crippen LogP contribution in [0.1, 0.15) is 12.8 Å². The molecule has 3 rings (SSSR count). The van der Waals surface area contributed by atoms with E-state index < -0.39 is 0 Å². The quantitative estimate of drug-likeness (QED) is 0.715. The molecule has 2 atom stereocenters. The fourth-order valence-electron chi connectivity index (χ4n) is 2.96. The zero-order chi connectivity index (χ0) is 10.3. The van der Waals surface area contributed by atoms with Crippen molar-refractivity contribution in [2.75, 3.05) is 13.1 Å². The van der Waals surface area contributed by atoms with Crippen LogP contribution in [-0.2, 0) is 0 Å². The van der Waals surface area contributed by atoms with Crippen LogP contribution in [0.2, 0.25) is 0 Å². The van der Waals surface area contributed by atoms with Gasteiger partial charge in [0.25, 0.3) is 0 Å². The highest BCUT2D eigenvalue weighted by Gasteiger charge is 2.45. The average molecular weight is 267 g/mol. The third kappa shape index (κ3) is 1.53. The number of nitrogens with one attached hydrogen (secondary N) is 1. The van der Waals surface area contributed by atoms with Crippen molar-refractivity contribution in [3.63, 3.8) is 0 Å². The molecule has 0 aromatic carbocycles. The van der Waals surface area contributed by atoms with E-state index in [4.69, 9.17) is 0 Å². The van der Waals surface area contributed by atoms with Crippen molar-refractivity contribution in [2.45, 2.75) is 18.9 Å². The lowest BCUT2D eigenvalue weighted by Crippen LogP contribution is -2.42. The molecule has 1 aliphatic carbocycles. The molecule has 15 heavy (non-hydrogen) atoms. The van der Waals surface area contributed by atoms with Crippen LogP contribution < -0.4 is 5.32 Å². The highest BCUT2D eigenvalue weighted by molar-refractivity contribution is 9.11. The minimum absolute atomic E-state index is 0.333. The first-order valence-electron chi connectivity index (χ1n) is 5.61. The van der Waals surface area contributed by atoms with Gasteiger partial charge < -0.3 is 5.32 Å². The SMILES string of the molecule is BrC1=CC2C(C=C1)N=CC21CCNCC1. The van der Waals surface area contributed by atoms with Crippen LogP contribution in [0.5, 0.6) is 0 Å². The second-order valence-electron chi connectivity index (χ2n) is 4.69. The van der Waals surface area contributed by atoms with E-state index in [9.17, 15) is 0 Å². The molecule has 0 radical (unpaired) electrons. The van der Waals surface area contributed by atoms with Crippen LogP contribution in [0.4, 0.5) is 0 Å². The third-order valence-electron chi connectivity index (χ3n) is 3.86. The summed E-state index contributed by atoms with van der Waals surface area (Å²) in [5, 5.41) is 3.43. The number of allylic oxidation sites excluding steroid dienone is 2. The number of nitrogens with zero attached hydrogens (tertiary/aromatic N) is 1. The Morgan fingerprint density at radius 1 is 1.40 bits per heavy atom. The summed E-state index contributed by atoms with van der Waals surface area (Å²) in [5.41, 5.74) is 0.333. The van der Waals surface area contributed by atoms with Crippen LogP contribution in [0.3, 0.4) is 0 Å². The van der Waals surface area contributed by atoms with Gasteiger partial charge in [-0.05, 0) is 25.9 Å². The summed E-state index contributed by atoms with van der Waals surface area (Å²) in [5.74, 6) is 0.582. The maximum Gasteiger partial charge on any atom is 0.0751 e. The smallest absolute Gasteiger partial charge is 0.0751 e. The molecule has 0 saturated carbocycles. The maximum absolute atomic E-state index is 4.66. The van der Waals surface area contributed by atoms with E-state index in [1.54, 1.807) is 0 Å². The number of fused-ring (bicyclic) bond motifs is 2. The van der Waals surface area contributed by atoms with Crippen LogP contribution in [0.25, 0.3) is 0 Å². The average Bonchev–Trinajstić information content (AvgIpc) is 2.59. The lowest BCUT2D eigenvalue weighted by Gasteiger charge is -2.38. The van der Waals surface area contributed by atoms with E-state index >= 15 is 0 Å². The second kappa shape index (κ2) is 3.56. The van der Waals surface area contributed by atoms with Gasteiger partial charge in [-0.15, -0.1) is 0 Å². The minimum atomic E-state index is 0.333. The van der Waals surface area contributed by atoms with E-state index in [-0.39, 0.29) is 0 Å². The van der Waals surface area contributed by atoms with E-state index in [1.165, 1.54) is 17.3 Å². The number of rotatable bonds is 0. The van der Waals surface area contributed by atoms with Crippen molar-refractivity contribution >= 4 is 22.1 Å². The summed E-state index contributed by atoms with van der Waals surface area (Å²) in [6.07, 6.45) is 11.4. The van der Waals surface area contributed by atoms with Crippen molar-refractivity contribution in [2.24, 2.45) is 16.3 Å². The predicted octanol–water partition coefficient (Wildman–Crippen LogP) is 2.27. The third-order valence-corrected chi connectivity index (χ3v) is 4.39. The number of piperidine rings is 1. The molecule has 2 unspecified atom stereocenters. The Morgan fingerprint density at radius 3 is 3.00 bits per heavy atom. The van der Waals surface area contributed by atoms with Crippen molar-refractivity contribution in [3.8, 4) is 0 Å². The minimum Gasteiger partial charge on any atom is -0.317 e. The summed E-state index contributed by atoms with van der Waals surface area (Å²) >= 11 is 3.58. The van der Waals surface area contributed by atoms with Gasteiger partial charge in [0.2, 0.25) is 0 Å². The van der Waals surface area contributed by atoms with Crippen LogP contribution in [0, 0.1) is 11.3 Å². The van der Waals surface area contributed by atoms with Gasteiger partial charge in [0, 0.05) is 22.0 Å². The molecule has 1 spiro atoms. The Morgan fingerprint density at radius 2 is 2.20 bits per heavy atom. The first-order valence-corrected chi connectivity index (χ1v) is 6.40. The molecule has 80 valence electrons. The number of hydrogen-bond donors (Lipinski definition) is 1. The summed E-state index contributed by atoms with van der Waals surface area (Å²) in [6.45, 7) is 2.26. The molecule has 0 amide bonds. The topological polar surface area (TPSA) is 24.4 Å². The Kier molecular flexibility index (Phi) is 2.33. The normalized spacial score (nSPS) is 36.7. The Bertz CT molecular complexity index is 351. The second-order valence-corrected chi connectivity index (χ2v) is 5.60. The predicted molar refractivity (Wildman–Crippen MR) is 66.5 cm³/mol. The summed E-state index contributed by atoms with van der Waals surface area (Å²) < 4.78 is 1.21. The van der Waals surface area contributed by atoms with E-state index in [2.05, 4.69) is 50.7 Å². The Balaban J connectivity index is 1.92. The van der Waals surface area contributed by atoms with E-state index in [0.717, 1.165) is 13.1 Å². The molecule has 0 aromatic heterocycles. The summed E-state index contributed by atoms with van der Waals surface area (Å²) in [4.78, 5) is 4.66. The van der Waals surface area contributed by atoms with Crippen molar-refractivity contribution in [3.05, 3.63) is 22.7 Å². The molecule has 1 N–H and O–H groups in total. The number of hydrogen-bond acceptors (Lipinski definition) is 2. The van der Waals surface area contributed by atoms with Gasteiger partial charge in [-0.2, -0.15) is 0 Å². The number of halogens is 1. The van der Waals surface area contributed by atoms with Gasteiger partial charge in [0.15, 0.2) is 0 Å². The first kappa shape index (κ1) is 9.79. The van der Waals surface area contributed by atoms with Crippen molar-refractivity contribution in [1.29, 1.82) is 0 Å². The maximum atomic E-state index is 4.66. The molecule has 2 nitrogen and oxygen atoms in total. The lowest BCUT2D eigenvalue weighted by atomic mass is 9.68. The highest BCUT2D eigenvalue weighted by atomic mass is 79.9. The van der Waals surface area contributed by atoms with Gasteiger partial charge in [0.05, 0.1) is 6.04 Å². The van der Waals surface area contributed by atoms with Crippen molar-refractivity contribution in [1.82, 2.24) is 5.32 Å². The molecule has 1 fully saturated rings. The summed E-state index contributed by atoms with van der Waals surface area (Å²) in [7, 11) is 0. The zero-order valence-corrected chi connectivity index (χ0v) is 10.2. The van der Waals surface area contributed by atoms with E-state index in [0.29, 0.717) is 17.4 Å². The van der Waals surface area contributed by atoms with Gasteiger partial charge >= 0.3 is 0 Å². The molecule has 1 saturated heterocycles. The van der Waals surface area contributed by atoms with Gasteiger partial charge in [0.1, 0.15) is 0 Å². The fraction of sp³-hybridized carbons (Fsp3) is 0.583. The first-order chi connectivity index (χ1) is 7.30. The highest BCUT2D eigenvalue weighted by Crippen LogP contribution is 2.45. The van der Waals surface area contributed by atoms with Gasteiger partial charge in [-0.1, -0.05) is 34.2 Å². The zero-order valence-electron chi connectivity index (χ0n) is 8.62. The molecule has 0 aromatic rings. The van der Waals surface area contributed by atoms with Crippen molar-refractivity contribution < 1.29 is 0 Å². The fourth-order valence-corrected chi connectivity index (χ4v) is 3.40. The molecule has 2 heterocycles. The van der Waals surface area contributed by atoms with Crippen LogP contribution in [0.15, 0.2) is 27.7 Å². The van der Waals surface area contributed by atoms with Crippen LogP contribution >= 0.6 is 15.9 Å². The Hall–Kier alpha value is -0.410. The molecule has 3 heteroatoms. The number of aliphatic imine (C=N–C) groups is 1.